The lowest BCUT2D eigenvalue weighted by atomic mass is 9.99. The lowest BCUT2D eigenvalue weighted by molar-refractivity contribution is -0.140. The Bertz CT molecular complexity index is 1430. The molecule has 4 aromatic rings. The molecule has 3 aromatic carbocycles. The van der Waals surface area contributed by atoms with E-state index in [4.69, 9.17) is 4.84 Å². The van der Waals surface area contributed by atoms with Crippen LogP contribution in [0.5, 0.6) is 0 Å². The summed E-state index contributed by atoms with van der Waals surface area (Å²) in [5, 5.41) is 6.35. The summed E-state index contributed by atoms with van der Waals surface area (Å²) in [4.78, 5) is 29.8. The van der Waals surface area contributed by atoms with Gasteiger partial charge in [-0.1, -0.05) is 87.0 Å². The Hall–Kier alpha value is -3.73. The second kappa shape index (κ2) is 13.2. The molecule has 1 heterocycles. The van der Waals surface area contributed by atoms with Gasteiger partial charge < -0.3 is 9.40 Å². The van der Waals surface area contributed by atoms with Crippen LogP contribution in [0.1, 0.15) is 93.6 Å². The highest BCUT2D eigenvalue weighted by molar-refractivity contribution is 6.16. The molecule has 0 saturated heterocycles. The highest BCUT2D eigenvalue weighted by atomic mass is 16.7. The molecule has 0 aliphatic heterocycles. The van der Waals surface area contributed by atoms with E-state index in [1.165, 1.54) is 39.0 Å². The Morgan fingerprint density at radius 2 is 1.34 bits per heavy atom. The molecule has 0 atom stereocenters. The molecule has 5 nitrogen and oxygen atoms in total. The average Bonchev–Trinajstić information content (AvgIpc) is 3.26. The maximum atomic E-state index is 13.2. The molecule has 0 aliphatic carbocycles. The number of benzene rings is 3. The predicted octanol–water partition coefficient (Wildman–Crippen LogP) is 8.45. The first-order valence-corrected chi connectivity index (χ1v) is 13.9. The normalized spacial score (nSPS) is 11.8. The van der Waals surface area contributed by atoms with Crippen molar-refractivity contribution < 1.29 is 14.4 Å². The van der Waals surface area contributed by atoms with Crippen molar-refractivity contribution in [3.63, 3.8) is 0 Å². The summed E-state index contributed by atoms with van der Waals surface area (Å²) in [5.41, 5.74) is 5.27. The van der Waals surface area contributed by atoms with E-state index < -0.39 is 5.97 Å². The van der Waals surface area contributed by atoms with Crippen molar-refractivity contribution in [1.29, 1.82) is 0 Å². The van der Waals surface area contributed by atoms with Crippen LogP contribution in [0, 0.1) is 0 Å². The highest BCUT2D eigenvalue weighted by Gasteiger charge is 2.16. The molecular weight excluding hydrogens is 472 g/mol. The monoisotopic (exact) mass is 510 g/mol. The van der Waals surface area contributed by atoms with Crippen molar-refractivity contribution in [2.24, 2.45) is 5.16 Å². The maximum absolute atomic E-state index is 13.2. The second-order valence-electron chi connectivity index (χ2n) is 9.90. The van der Waals surface area contributed by atoms with Crippen LogP contribution in [-0.4, -0.2) is 22.0 Å². The van der Waals surface area contributed by atoms with Gasteiger partial charge in [-0.25, -0.2) is 4.79 Å². The van der Waals surface area contributed by atoms with Crippen LogP contribution in [0.25, 0.3) is 21.8 Å². The third-order valence-electron chi connectivity index (χ3n) is 7.11. The number of hydrogen-bond donors (Lipinski definition) is 0. The number of nitrogens with zero attached hydrogens (tertiary/aromatic N) is 2. The van der Waals surface area contributed by atoms with E-state index in [-0.39, 0.29) is 5.78 Å². The zero-order valence-corrected chi connectivity index (χ0v) is 22.8. The number of aryl methyl sites for hydroxylation is 1. The van der Waals surface area contributed by atoms with Gasteiger partial charge in [0.05, 0.1) is 5.71 Å². The van der Waals surface area contributed by atoms with E-state index in [9.17, 15) is 9.59 Å². The molecule has 1 aromatic heterocycles. The van der Waals surface area contributed by atoms with Gasteiger partial charge in [-0.05, 0) is 50.1 Å². The van der Waals surface area contributed by atoms with Crippen LogP contribution in [0.2, 0.25) is 0 Å². The van der Waals surface area contributed by atoms with Gasteiger partial charge in [0.2, 0.25) is 0 Å². The number of carbonyl (C=O) groups excluding carboxylic acids is 2. The average molecular weight is 511 g/mol. The largest absolute Gasteiger partial charge is 0.341 e. The fourth-order valence-corrected chi connectivity index (χ4v) is 5.13. The number of rotatable bonds is 13. The van der Waals surface area contributed by atoms with Crippen LogP contribution < -0.4 is 0 Å². The van der Waals surface area contributed by atoms with Crippen LogP contribution >= 0.6 is 0 Å². The molecule has 0 spiro atoms. The van der Waals surface area contributed by atoms with Crippen molar-refractivity contribution in [2.75, 3.05) is 0 Å². The third kappa shape index (κ3) is 6.39. The number of fused-ring (bicyclic) bond motifs is 3. The summed E-state index contributed by atoms with van der Waals surface area (Å²) in [5.74, 6) is -0.410. The molecule has 0 N–H and O–H groups in total. The number of ketones is 1. The van der Waals surface area contributed by atoms with Crippen molar-refractivity contribution >= 4 is 39.3 Å². The molecule has 0 unspecified atom stereocenters. The molecule has 0 saturated carbocycles. The maximum Gasteiger partial charge on any atom is 0.331 e. The van der Waals surface area contributed by atoms with E-state index in [1.807, 2.05) is 48.5 Å². The van der Waals surface area contributed by atoms with E-state index >= 15 is 0 Å². The van der Waals surface area contributed by atoms with Crippen LogP contribution in [-0.2, 0) is 16.2 Å². The first-order chi connectivity index (χ1) is 18.5. The highest BCUT2D eigenvalue weighted by Crippen LogP contribution is 2.32. The SMILES string of the molecule is CCCCCCCCCC(=NOC(C)=O)c1ccc2c(c1)c1cc(C(=O)c3ccccc3)ccc1n2CC. The Morgan fingerprint density at radius 3 is 1.97 bits per heavy atom. The van der Waals surface area contributed by atoms with Gasteiger partial charge in [0.15, 0.2) is 5.78 Å². The van der Waals surface area contributed by atoms with E-state index in [0.29, 0.717) is 11.1 Å². The number of unbranched alkanes of at least 4 members (excludes halogenated alkanes) is 6. The van der Waals surface area contributed by atoms with Crippen molar-refractivity contribution in [3.05, 3.63) is 83.4 Å². The minimum atomic E-state index is -0.421. The fraction of sp³-hybridized carbons (Fsp3) is 0.364. The van der Waals surface area contributed by atoms with E-state index in [0.717, 1.165) is 58.9 Å². The lowest BCUT2D eigenvalue weighted by Gasteiger charge is -2.08. The van der Waals surface area contributed by atoms with Crippen LogP contribution in [0.4, 0.5) is 0 Å². The van der Waals surface area contributed by atoms with Gasteiger partial charge in [0.25, 0.3) is 0 Å². The number of carbonyl (C=O) groups is 2. The summed E-state index contributed by atoms with van der Waals surface area (Å²) in [6, 6.07) is 21.6. The van der Waals surface area contributed by atoms with Gasteiger partial charge in [-0.3, -0.25) is 4.79 Å². The first kappa shape index (κ1) is 27.3. The first-order valence-electron chi connectivity index (χ1n) is 13.9. The Balaban J connectivity index is 1.67. The quantitative estimate of drug-likeness (QED) is 0.0596. The van der Waals surface area contributed by atoms with Gasteiger partial charge in [0, 0.05) is 52.0 Å². The zero-order valence-electron chi connectivity index (χ0n) is 22.8. The number of aromatic nitrogens is 1. The Kier molecular flexibility index (Phi) is 9.47. The summed E-state index contributed by atoms with van der Waals surface area (Å²) in [6.45, 7) is 6.55. The molecule has 5 heteroatoms. The second-order valence-corrected chi connectivity index (χ2v) is 9.90. The van der Waals surface area contributed by atoms with E-state index in [1.54, 1.807) is 0 Å². The lowest BCUT2D eigenvalue weighted by Crippen LogP contribution is -2.04. The molecule has 38 heavy (non-hydrogen) atoms. The molecule has 198 valence electrons. The van der Waals surface area contributed by atoms with Gasteiger partial charge in [0.1, 0.15) is 0 Å². The Morgan fingerprint density at radius 1 is 0.737 bits per heavy atom. The summed E-state index contributed by atoms with van der Waals surface area (Å²) in [7, 11) is 0. The van der Waals surface area contributed by atoms with Crippen molar-refractivity contribution in [3.8, 4) is 0 Å². The van der Waals surface area contributed by atoms with Crippen molar-refractivity contribution in [2.45, 2.75) is 78.7 Å². The van der Waals surface area contributed by atoms with Gasteiger partial charge in [-0.2, -0.15) is 0 Å². The fourth-order valence-electron chi connectivity index (χ4n) is 5.13. The number of hydrogen-bond acceptors (Lipinski definition) is 4. The number of oxime groups is 1. The molecular formula is C33H38N2O3. The molecule has 0 aliphatic rings. The van der Waals surface area contributed by atoms with Gasteiger partial charge in [-0.15, -0.1) is 0 Å². The molecule has 0 bridgehead atoms. The minimum Gasteiger partial charge on any atom is -0.341 e. The minimum absolute atomic E-state index is 0.0112. The summed E-state index contributed by atoms with van der Waals surface area (Å²) in [6.07, 6.45) is 9.18. The van der Waals surface area contributed by atoms with Crippen LogP contribution in [0.15, 0.2) is 71.9 Å². The third-order valence-corrected chi connectivity index (χ3v) is 7.11. The Labute approximate surface area is 225 Å². The smallest absolute Gasteiger partial charge is 0.331 e. The zero-order chi connectivity index (χ0) is 26.9. The molecule has 0 fully saturated rings. The molecule has 4 rings (SSSR count). The standard InChI is InChI=1S/C33H38N2O3/c1-4-6-7-8-9-10-14-17-30(34-38-24(3)36)26-18-20-31-28(22-26)29-23-27(19-21-32(29)35(31)5-2)33(37)25-15-12-11-13-16-25/h11-13,15-16,18-23H,4-10,14,17H2,1-3H3. The van der Waals surface area contributed by atoms with Crippen LogP contribution in [0.3, 0.4) is 0 Å². The summed E-state index contributed by atoms with van der Waals surface area (Å²) < 4.78 is 2.27. The molecule has 0 radical (unpaired) electrons. The van der Waals surface area contributed by atoms with Gasteiger partial charge >= 0.3 is 5.97 Å². The summed E-state index contributed by atoms with van der Waals surface area (Å²) >= 11 is 0. The predicted molar refractivity (Wildman–Crippen MR) is 156 cm³/mol. The van der Waals surface area contributed by atoms with E-state index in [2.05, 4.69) is 41.8 Å². The molecule has 0 amide bonds. The van der Waals surface area contributed by atoms with Crippen molar-refractivity contribution in [1.82, 2.24) is 4.57 Å². The topological polar surface area (TPSA) is 60.7 Å².